The first kappa shape index (κ1) is 19.9. The van der Waals surface area contributed by atoms with E-state index in [1.807, 2.05) is 65.7 Å². The second-order valence-corrected chi connectivity index (χ2v) is 7.96. The average molecular weight is 426 g/mol. The summed E-state index contributed by atoms with van der Waals surface area (Å²) in [4.78, 5) is 27.5. The number of hydrogen-bond acceptors (Lipinski definition) is 5. The molecule has 0 bridgehead atoms. The lowest BCUT2D eigenvalue weighted by atomic mass is 10.0. The van der Waals surface area contributed by atoms with Gasteiger partial charge in [-0.05, 0) is 51.2 Å². The van der Waals surface area contributed by atoms with Crippen LogP contribution in [0.4, 0.5) is 0 Å². The number of aromatic nitrogens is 5. The van der Waals surface area contributed by atoms with Gasteiger partial charge >= 0.3 is 0 Å². The van der Waals surface area contributed by atoms with Crippen LogP contribution in [-0.4, -0.2) is 42.1 Å². The summed E-state index contributed by atoms with van der Waals surface area (Å²) in [5, 5.41) is 11.1. The lowest BCUT2D eigenvalue weighted by molar-refractivity contribution is 0.0734. The molecule has 0 atom stereocenters. The molecule has 0 aliphatic carbocycles. The maximum Gasteiger partial charge on any atom is 0.254 e. The molecule has 5 rings (SSSR count). The molecule has 4 aromatic rings. The number of benzene rings is 2. The molecular weight excluding hydrogens is 404 g/mol. The zero-order valence-corrected chi connectivity index (χ0v) is 17.5. The topological polar surface area (TPSA) is 85.9 Å². The van der Waals surface area contributed by atoms with Crippen molar-refractivity contribution in [3.05, 3.63) is 111 Å². The van der Waals surface area contributed by atoms with E-state index in [-0.39, 0.29) is 11.5 Å². The molecule has 0 saturated heterocycles. The van der Waals surface area contributed by atoms with E-state index < -0.39 is 0 Å². The predicted molar refractivity (Wildman–Crippen MR) is 118 cm³/mol. The Morgan fingerprint density at radius 1 is 0.938 bits per heavy atom. The maximum atomic E-state index is 13.1. The molecule has 1 aliphatic rings. The summed E-state index contributed by atoms with van der Waals surface area (Å²) in [7, 11) is 0. The van der Waals surface area contributed by atoms with Gasteiger partial charge in [0.05, 0.1) is 13.1 Å². The van der Waals surface area contributed by atoms with Crippen molar-refractivity contribution >= 4 is 5.91 Å². The van der Waals surface area contributed by atoms with Crippen molar-refractivity contribution in [1.29, 1.82) is 0 Å². The van der Waals surface area contributed by atoms with Crippen LogP contribution < -0.4 is 5.56 Å². The zero-order valence-electron chi connectivity index (χ0n) is 17.5. The van der Waals surface area contributed by atoms with Crippen LogP contribution in [0.3, 0.4) is 0 Å². The van der Waals surface area contributed by atoms with Crippen LogP contribution in [0.5, 0.6) is 0 Å². The smallest absolute Gasteiger partial charge is 0.254 e. The molecular formula is C24H22N6O2. The molecule has 1 aliphatic heterocycles. The van der Waals surface area contributed by atoms with Crippen LogP contribution in [0.15, 0.2) is 78.0 Å². The second-order valence-electron chi connectivity index (χ2n) is 7.96. The minimum Gasteiger partial charge on any atom is -0.334 e. The Morgan fingerprint density at radius 3 is 2.47 bits per heavy atom. The third-order valence-corrected chi connectivity index (χ3v) is 5.74. The molecule has 3 heterocycles. The fraction of sp³-hybridized carbons (Fsp3) is 0.208. The molecule has 2 aromatic carbocycles. The van der Waals surface area contributed by atoms with E-state index in [4.69, 9.17) is 0 Å². The highest BCUT2D eigenvalue weighted by molar-refractivity contribution is 5.94. The number of pyridine rings is 1. The van der Waals surface area contributed by atoms with Gasteiger partial charge in [0.15, 0.2) is 0 Å². The molecule has 0 radical (unpaired) electrons. The molecule has 0 N–H and O–H groups in total. The van der Waals surface area contributed by atoms with Crippen LogP contribution in [-0.2, 0) is 26.1 Å². The van der Waals surface area contributed by atoms with E-state index in [0.29, 0.717) is 38.2 Å². The molecule has 8 nitrogen and oxygen atoms in total. The van der Waals surface area contributed by atoms with Crippen molar-refractivity contribution in [1.82, 2.24) is 29.7 Å². The van der Waals surface area contributed by atoms with E-state index in [9.17, 15) is 9.59 Å². The molecule has 32 heavy (non-hydrogen) atoms. The summed E-state index contributed by atoms with van der Waals surface area (Å²) in [5.41, 5.74) is 4.77. The molecule has 2 aromatic heterocycles. The Balaban J connectivity index is 1.31. The van der Waals surface area contributed by atoms with E-state index in [2.05, 4.69) is 15.5 Å². The first-order valence-electron chi connectivity index (χ1n) is 10.5. The van der Waals surface area contributed by atoms with Crippen LogP contribution in [0.25, 0.3) is 0 Å². The number of rotatable bonds is 5. The van der Waals surface area contributed by atoms with E-state index in [0.717, 1.165) is 22.3 Å². The van der Waals surface area contributed by atoms with Gasteiger partial charge in [-0.1, -0.05) is 42.5 Å². The highest BCUT2D eigenvalue weighted by Crippen LogP contribution is 2.20. The molecule has 1 amide bonds. The monoisotopic (exact) mass is 426 g/mol. The summed E-state index contributed by atoms with van der Waals surface area (Å²) in [5.74, 6) is -0.00886. The third kappa shape index (κ3) is 4.20. The largest absolute Gasteiger partial charge is 0.334 e. The Hall–Kier alpha value is -4.07. The lowest BCUT2D eigenvalue weighted by Gasteiger charge is -2.29. The Bertz CT molecular complexity index is 1280. The number of carbonyl (C=O) groups excluding carboxylic acids is 1. The van der Waals surface area contributed by atoms with Crippen molar-refractivity contribution in [3.63, 3.8) is 0 Å². The Morgan fingerprint density at radius 2 is 1.72 bits per heavy atom. The minimum absolute atomic E-state index is 0.00875. The van der Waals surface area contributed by atoms with Crippen molar-refractivity contribution in [3.8, 4) is 0 Å². The SMILES string of the molecule is O=C(c1ccc(Cn2cnnn2)cc1)N1CCc2cc(=O)n(Cc3ccccc3)cc2C1. The summed E-state index contributed by atoms with van der Waals surface area (Å²) >= 11 is 0. The van der Waals surface area contributed by atoms with Crippen LogP contribution in [0.1, 0.15) is 32.6 Å². The number of fused-ring (bicyclic) bond motifs is 1. The number of carbonyl (C=O) groups is 1. The van der Waals surface area contributed by atoms with Crippen LogP contribution in [0, 0.1) is 0 Å². The number of amides is 1. The van der Waals surface area contributed by atoms with Crippen molar-refractivity contribution in [2.24, 2.45) is 0 Å². The molecule has 160 valence electrons. The maximum absolute atomic E-state index is 13.1. The summed E-state index contributed by atoms with van der Waals surface area (Å²) in [6.07, 6.45) is 4.14. The molecule has 8 heteroatoms. The first-order valence-corrected chi connectivity index (χ1v) is 10.5. The quantitative estimate of drug-likeness (QED) is 0.488. The van der Waals surface area contributed by atoms with E-state index >= 15 is 0 Å². The van der Waals surface area contributed by atoms with E-state index in [1.54, 1.807) is 21.6 Å². The lowest BCUT2D eigenvalue weighted by Crippen LogP contribution is -2.37. The number of tetrazole rings is 1. The van der Waals surface area contributed by atoms with Gasteiger partial charge in [0.2, 0.25) is 0 Å². The predicted octanol–water partition coefficient (Wildman–Crippen LogP) is 2.13. The summed E-state index contributed by atoms with van der Waals surface area (Å²) in [6.45, 7) is 2.16. The Labute approximate surface area is 184 Å². The van der Waals surface area contributed by atoms with Gasteiger partial charge in [-0.2, -0.15) is 0 Å². The first-order chi connectivity index (χ1) is 15.7. The Kier molecular flexibility index (Phi) is 5.33. The van der Waals surface area contributed by atoms with Gasteiger partial charge < -0.3 is 9.47 Å². The minimum atomic E-state index is -0.00886. The fourth-order valence-corrected chi connectivity index (χ4v) is 4.03. The molecule has 0 unspecified atom stereocenters. The van der Waals surface area contributed by atoms with E-state index in [1.165, 1.54) is 0 Å². The van der Waals surface area contributed by atoms with Gasteiger partial charge in [-0.15, -0.1) is 5.10 Å². The van der Waals surface area contributed by atoms with Gasteiger partial charge in [-0.3, -0.25) is 9.59 Å². The molecule has 0 spiro atoms. The van der Waals surface area contributed by atoms with Crippen LogP contribution in [0.2, 0.25) is 0 Å². The van der Waals surface area contributed by atoms with Crippen molar-refractivity contribution in [2.45, 2.75) is 26.1 Å². The van der Waals surface area contributed by atoms with Crippen molar-refractivity contribution < 1.29 is 4.79 Å². The molecule has 0 fully saturated rings. The zero-order chi connectivity index (χ0) is 21.9. The fourth-order valence-electron chi connectivity index (χ4n) is 4.03. The van der Waals surface area contributed by atoms with Crippen molar-refractivity contribution in [2.75, 3.05) is 6.54 Å². The molecule has 0 saturated carbocycles. The third-order valence-electron chi connectivity index (χ3n) is 5.74. The standard InChI is InChI=1S/C24H22N6O2/c31-23-12-21-10-11-28(15-22(21)16-29(23)13-18-4-2-1-3-5-18)24(32)20-8-6-19(7-9-20)14-30-17-25-26-27-30/h1-9,12,16-17H,10-11,13-15H2. The van der Waals surface area contributed by atoms with Gasteiger partial charge in [0, 0.05) is 30.9 Å². The van der Waals surface area contributed by atoms with Gasteiger partial charge in [0.1, 0.15) is 6.33 Å². The van der Waals surface area contributed by atoms with Crippen LogP contribution >= 0.6 is 0 Å². The second kappa shape index (κ2) is 8.58. The van der Waals surface area contributed by atoms with Gasteiger partial charge in [0.25, 0.3) is 11.5 Å². The highest BCUT2D eigenvalue weighted by Gasteiger charge is 2.23. The highest BCUT2D eigenvalue weighted by atomic mass is 16.2. The summed E-state index contributed by atoms with van der Waals surface area (Å²) in [6, 6.07) is 19.1. The number of nitrogens with zero attached hydrogens (tertiary/aromatic N) is 6. The normalized spacial score (nSPS) is 13.1. The summed E-state index contributed by atoms with van der Waals surface area (Å²) < 4.78 is 3.35. The van der Waals surface area contributed by atoms with Gasteiger partial charge in [-0.25, -0.2) is 4.68 Å². The average Bonchev–Trinajstić information content (AvgIpc) is 3.33. The number of hydrogen-bond donors (Lipinski definition) is 0.